The van der Waals surface area contributed by atoms with Gasteiger partial charge in [-0.05, 0) is 42.5 Å². The lowest BCUT2D eigenvalue weighted by Gasteiger charge is -2.15. The highest BCUT2D eigenvalue weighted by molar-refractivity contribution is 9.10. The van der Waals surface area contributed by atoms with E-state index in [9.17, 15) is 9.59 Å². The van der Waals surface area contributed by atoms with Crippen molar-refractivity contribution >= 4 is 33.3 Å². The number of methoxy groups -OCH3 is 3. The molecule has 0 radical (unpaired) electrons. The smallest absolute Gasteiger partial charge is 0.255 e. The number of hydrogen-bond donors (Lipinski definition) is 1. The van der Waals surface area contributed by atoms with Crippen LogP contribution in [-0.2, 0) is 0 Å². The first-order valence-electron chi connectivity index (χ1n) is 8.99. The fourth-order valence-electron chi connectivity index (χ4n) is 2.97. The Bertz CT molecular complexity index is 1060. The summed E-state index contributed by atoms with van der Waals surface area (Å²) >= 11 is 3.39. The van der Waals surface area contributed by atoms with Gasteiger partial charge in [0.15, 0.2) is 17.3 Å². The third kappa shape index (κ3) is 4.46. The van der Waals surface area contributed by atoms with Crippen LogP contribution < -0.4 is 19.5 Å². The number of carbonyl (C=O) groups excluding carboxylic acids is 2. The largest absolute Gasteiger partial charge is 0.493 e. The lowest BCUT2D eigenvalue weighted by Crippen LogP contribution is -2.15. The van der Waals surface area contributed by atoms with Crippen molar-refractivity contribution in [1.29, 1.82) is 0 Å². The normalized spacial score (nSPS) is 10.3. The molecule has 0 saturated carbocycles. The molecule has 0 bridgehead atoms. The Balaban J connectivity index is 2.02. The highest BCUT2D eigenvalue weighted by Crippen LogP contribution is 2.39. The third-order valence-corrected chi connectivity index (χ3v) is 4.93. The molecule has 7 heteroatoms. The van der Waals surface area contributed by atoms with Gasteiger partial charge in [0.1, 0.15) is 0 Å². The van der Waals surface area contributed by atoms with E-state index in [1.807, 2.05) is 6.07 Å². The summed E-state index contributed by atoms with van der Waals surface area (Å²) in [4.78, 5) is 26.0. The van der Waals surface area contributed by atoms with Crippen LogP contribution in [0.3, 0.4) is 0 Å². The molecular formula is C23H20BrNO5. The summed E-state index contributed by atoms with van der Waals surface area (Å²) in [5, 5.41) is 2.82. The number of amides is 1. The predicted octanol–water partition coefficient (Wildman–Crippen LogP) is 4.96. The molecule has 3 rings (SSSR count). The number of anilines is 1. The van der Waals surface area contributed by atoms with Crippen LogP contribution in [0.2, 0.25) is 0 Å². The fraction of sp³-hybridized carbons (Fsp3) is 0.130. The average Bonchev–Trinajstić information content (AvgIpc) is 2.79. The van der Waals surface area contributed by atoms with E-state index in [1.165, 1.54) is 21.3 Å². The minimum atomic E-state index is -0.308. The number of ether oxygens (including phenoxy) is 3. The molecule has 0 unspecified atom stereocenters. The van der Waals surface area contributed by atoms with E-state index in [4.69, 9.17) is 14.2 Å². The van der Waals surface area contributed by atoms with Crippen molar-refractivity contribution in [3.8, 4) is 17.2 Å². The van der Waals surface area contributed by atoms with Crippen molar-refractivity contribution in [2.24, 2.45) is 0 Å². The van der Waals surface area contributed by atoms with Gasteiger partial charge in [-0.2, -0.15) is 0 Å². The van der Waals surface area contributed by atoms with Crippen LogP contribution in [0.1, 0.15) is 26.3 Å². The summed E-state index contributed by atoms with van der Waals surface area (Å²) in [6.45, 7) is 0. The second kappa shape index (κ2) is 9.45. The molecule has 3 aromatic carbocycles. The molecule has 0 aliphatic heterocycles. The Morgan fingerprint density at radius 2 is 1.43 bits per heavy atom. The molecule has 0 fully saturated rings. The van der Waals surface area contributed by atoms with Gasteiger partial charge >= 0.3 is 0 Å². The maximum absolute atomic E-state index is 13.3. The first-order valence-corrected chi connectivity index (χ1v) is 9.78. The molecule has 1 amide bonds. The van der Waals surface area contributed by atoms with Gasteiger partial charge in [0.05, 0.1) is 27.0 Å². The number of nitrogens with one attached hydrogen (secondary N) is 1. The van der Waals surface area contributed by atoms with Gasteiger partial charge in [-0.25, -0.2) is 0 Å². The standard InChI is InChI=1S/C23H20BrNO5/c1-28-19-11-15(12-20(29-2)22(19)30-3)21(26)17-13-16(24)9-10-18(17)25-23(27)14-7-5-4-6-8-14/h4-13H,1-3H3,(H,25,27). The Labute approximate surface area is 182 Å². The van der Waals surface area contributed by atoms with E-state index in [-0.39, 0.29) is 11.7 Å². The van der Waals surface area contributed by atoms with Crippen LogP contribution in [0.5, 0.6) is 17.2 Å². The summed E-state index contributed by atoms with van der Waals surface area (Å²) in [6.07, 6.45) is 0. The van der Waals surface area contributed by atoms with Crippen LogP contribution in [0.4, 0.5) is 5.69 Å². The predicted molar refractivity (Wildman–Crippen MR) is 118 cm³/mol. The molecule has 0 aromatic heterocycles. The molecular weight excluding hydrogens is 450 g/mol. The van der Waals surface area contributed by atoms with Crippen LogP contribution in [0, 0.1) is 0 Å². The van der Waals surface area contributed by atoms with E-state index in [0.717, 1.165) is 0 Å². The second-order valence-corrected chi connectivity index (χ2v) is 7.17. The van der Waals surface area contributed by atoms with Crippen molar-refractivity contribution in [1.82, 2.24) is 0 Å². The molecule has 0 saturated heterocycles. The molecule has 0 spiro atoms. The van der Waals surface area contributed by atoms with Crippen molar-refractivity contribution in [2.45, 2.75) is 0 Å². The molecule has 3 aromatic rings. The minimum absolute atomic E-state index is 0.307. The number of carbonyl (C=O) groups is 2. The zero-order chi connectivity index (χ0) is 21.7. The van der Waals surface area contributed by atoms with E-state index < -0.39 is 0 Å². The van der Waals surface area contributed by atoms with E-state index in [2.05, 4.69) is 21.2 Å². The van der Waals surface area contributed by atoms with Crippen LogP contribution in [-0.4, -0.2) is 33.0 Å². The molecule has 30 heavy (non-hydrogen) atoms. The maximum Gasteiger partial charge on any atom is 0.255 e. The monoisotopic (exact) mass is 469 g/mol. The molecule has 1 N–H and O–H groups in total. The molecule has 0 heterocycles. The molecule has 0 aliphatic carbocycles. The van der Waals surface area contributed by atoms with Crippen LogP contribution >= 0.6 is 15.9 Å². The second-order valence-electron chi connectivity index (χ2n) is 6.25. The Morgan fingerprint density at radius 3 is 2.00 bits per heavy atom. The van der Waals surface area contributed by atoms with Crippen LogP contribution in [0.25, 0.3) is 0 Å². The first-order chi connectivity index (χ1) is 14.5. The summed E-state index contributed by atoms with van der Waals surface area (Å²) in [5.41, 5.74) is 1.54. The van der Waals surface area contributed by atoms with E-state index >= 15 is 0 Å². The number of rotatable bonds is 7. The van der Waals surface area contributed by atoms with Gasteiger partial charge in [-0.1, -0.05) is 34.1 Å². The SMILES string of the molecule is COc1cc(C(=O)c2cc(Br)ccc2NC(=O)c2ccccc2)cc(OC)c1OC. The van der Waals surface area contributed by atoms with Gasteiger partial charge in [-0.3, -0.25) is 9.59 Å². The topological polar surface area (TPSA) is 73.9 Å². The Kier molecular flexibility index (Phi) is 6.74. The molecule has 154 valence electrons. The summed E-state index contributed by atoms with van der Waals surface area (Å²) in [5.74, 6) is 0.509. The number of halogens is 1. The number of hydrogen-bond acceptors (Lipinski definition) is 5. The lowest BCUT2D eigenvalue weighted by molar-refractivity contribution is 0.102. The maximum atomic E-state index is 13.3. The molecule has 0 aliphatic rings. The van der Waals surface area contributed by atoms with Crippen molar-refractivity contribution in [3.05, 3.63) is 81.8 Å². The van der Waals surface area contributed by atoms with Crippen molar-refractivity contribution < 1.29 is 23.8 Å². The van der Waals surface area contributed by atoms with Gasteiger partial charge in [-0.15, -0.1) is 0 Å². The molecule has 6 nitrogen and oxygen atoms in total. The summed E-state index contributed by atoms with van der Waals surface area (Å²) in [7, 11) is 4.46. The Morgan fingerprint density at radius 1 is 0.800 bits per heavy atom. The average molecular weight is 470 g/mol. The summed E-state index contributed by atoms with van der Waals surface area (Å²) in [6, 6.07) is 17.0. The van der Waals surface area contributed by atoms with Gasteiger partial charge in [0, 0.05) is 21.2 Å². The first kappa shape index (κ1) is 21.4. The summed E-state index contributed by atoms with van der Waals surface area (Å²) < 4.78 is 16.7. The minimum Gasteiger partial charge on any atom is -0.493 e. The van der Waals surface area contributed by atoms with Crippen molar-refractivity contribution in [2.75, 3.05) is 26.6 Å². The highest BCUT2D eigenvalue weighted by atomic mass is 79.9. The Hall–Kier alpha value is -3.32. The quantitative estimate of drug-likeness (QED) is 0.495. The number of ketones is 1. The highest BCUT2D eigenvalue weighted by Gasteiger charge is 2.21. The number of benzene rings is 3. The lowest BCUT2D eigenvalue weighted by atomic mass is 10.0. The van der Waals surface area contributed by atoms with Gasteiger partial charge in [0.2, 0.25) is 5.75 Å². The van der Waals surface area contributed by atoms with E-state index in [1.54, 1.807) is 54.6 Å². The van der Waals surface area contributed by atoms with E-state index in [0.29, 0.717) is 44.1 Å². The zero-order valence-electron chi connectivity index (χ0n) is 16.7. The zero-order valence-corrected chi connectivity index (χ0v) is 18.3. The van der Waals surface area contributed by atoms with Crippen LogP contribution in [0.15, 0.2) is 65.1 Å². The van der Waals surface area contributed by atoms with Gasteiger partial charge < -0.3 is 19.5 Å². The van der Waals surface area contributed by atoms with Gasteiger partial charge in [0.25, 0.3) is 5.91 Å². The molecule has 0 atom stereocenters. The third-order valence-electron chi connectivity index (χ3n) is 4.44. The fourth-order valence-corrected chi connectivity index (χ4v) is 3.33. The van der Waals surface area contributed by atoms with Crippen molar-refractivity contribution in [3.63, 3.8) is 0 Å².